The van der Waals surface area contributed by atoms with E-state index < -0.39 is 0 Å². The third kappa shape index (κ3) is 5.43. The van der Waals surface area contributed by atoms with Crippen LogP contribution in [0.5, 0.6) is 5.75 Å². The Balaban J connectivity index is 0.00000242. The second-order valence-electron chi connectivity index (χ2n) is 4.50. The molecule has 0 bridgehead atoms. The predicted octanol–water partition coefficient (Wildman–Crippen LogP) is 5.98. The van der Waals surface area contributed by atoms with Gasteiger partial charge in [0, 0.05) is 28.1 Å². The van der Waals surface area contributed by atoms with Crippen molar-refractivity contribution in [3.05, 3.63) is 61.5 Å². The van der Waals surface area contributed by atoms with E-state index >= 15 is 0 Å². The van der Waals surface area contributed by atoms with Crippen molar-refractivity contribution in [3.63, 3.8) is 0 Å². The van der Waals surface area contributed by atoms with Crippen LogP contribution < -0.4 is 10.1 Å². The number of benzene rings is 2. The molecule has 0 aromatic heterocycles. The van der Waals surface area contributed by atoms with E-state index in [1.807, 2.05) is 37.3 Å². The molecule has 2 nitrogen and oxygen atoms in total. The van der Waals surface area contributed by atoms with E-state index in [1.54, 1.807) is 0 Å². The van der Waals surface area contributed by atoms with Gasteiger partial charge >= 0.3 is 0 Å². The summed E-state index contributed by atoms with van der Waals surface area (Å²) in [6, 6.07) is 11.9. The van der Waals surface area contributed by atoms with Crippen molar-refractivity contribution in [1.82, 2.24) is 5.32 Å². The standard InChI is InChI=1S/C16H16Br2ClNO.ClH/c1-2-21-16-12(7-13(17)8-14(16)18)10-20-9-11-5-3-4-6-15(11)19;/h3-8,20H,2,9-10H2,1H3;1H. The molecule has 2 aromatic carbocycles. The molecule has 0 aliphatic rings. The quantitative estimate of drug-likeness (QED) is 0.562. The lowest BCUT2D eigenvalue weighted by atomic mass is 10.2. The van der Waals surface area contributed by atoms with E-state index in [-0.39, 0.29) is 12.4 Å². The number of halogens is 4. The zero-order valence-electron chi connectivity index (χ0n) is 12.0. The Morgan fingerprint density at radius 3 is 2.45 bits per heavy atom. The SMILES string of the molecule is CCOc1c(Br)cc(Br)cc1CNCc1ccccc1Cl.Cl. The van der Waals surface area contributed by atoms with Crippen molar-refractivity contribution in [3.8, 4) is 5.75 Å². The van der Waals surface area contributed by atoms with Crippen LogP contribution in [0.25, 0.3) is 0 Å². The van der Waals surface area contributed by atoms with Crippen molar-refractivity contribution in [1.29, 1.82) is 0 Å². The van der Waals surface area contributed by atoms with Crippen LogP contribution in [0.15, 0.2) is 45.3 Å². The highest BCUT2D eigenvalue weighted by atomic mass is 79.9. The molecule has 22 heavy (non-hydrogen) atoms. The summed E-state index contributed by atoms with van der Waals surface area (Å²) in [4.78, 5) is 0. The Bertz CT molecular complexity index is 623. The molecular weight excluding hydrogens is 453 g/mol. The van der Waals surface area contributed by atoms with Gasteiger partial charge in [0.05, 0.1) is 11.1 Å². The molecule has 0 unspecified atom stereocenters. The number of rotatable bonds is 6. The third-order valence-electron chi connectivity index (χ3n) is 2.96. The molecular formula is C16H17Br2Cl2NO. The van der Waals surface area contributed by atoms with Crippen molar-refractivity contribution < 1.29 is 4.74 Å². The molecule has 0 fully saturated rings. The van der Waals surface area contributed by atoms with Gasteiger partial charge in [-0.15, -0.1) is 12.4 Å². The molecule has 0 saturated carbocycles. The molecule has 120 valence electrons. The van der Waals surface area contributed by atoms with Gasteiger partial charge < -0.3 is 10.1 Å². The molecule has 0 aliphatic carbocycles. The summed E-state index contributed by atoms with van der Waals surface area (Å²) < 4.78 is 7.69. The van der Waals surface area contributed by atoms with Gasteiger partial charge in [0.15, 0.2) is 0 Å². The number of hydrogen-bond acceptors (Lipinski definition) is 2. The summed E-state index contributed by atoms with van der Waals surface area (Å²) in [6.45, 7) is 4.04. The first-order chi connectivity index (χ1) is 10.1. The van der Waals surface area contributed by atoms with Crippen molar-refractivity contribution in [2.75, 3.05) is 6.61 Å². The summed E-state index contributed by atoms with van der Waals surface area (Å²) >= 11 is 13.2. The largest absolute Gasteiger partial charge is 0.492 e. The minimum atomic E-state index is 0. The van der Waals surface area contributed by atoms with E-state index in [2.05, 4.69) is 43.2 Å². The van der Waals surface area contributed by atoms with Crippen molar-refractivity contribution in [2.24, 2.45) is 0 Å². The molecule has 0 aliphatic heterocycles. The average molecular weight is 470 g/mol. The summed E-state index contributed by atoms with van der Waals surface area (Å²) in [5, 5.41) is 4.19. The molecule has 6 heteroatoms. The molecule has 0 heterocycles. The minimum Gasteiger partial charge on any atom is -0.492 e. The van der Waals surface area contributed by atoms with Gasteiger partial charge in [-0.1, -0.05) is 45.7 Å². The van der Waals surface area contributed by atoms with Crippen LogP contribution in [0.3, 0.4) is 0 Å². The average Bonchev–Trinajstić information content (AvgIpc) is 2.44. The Morgan fingerprint density at radius 2 is 1.77 bits per heavy atom. The fraction of sp³-hybridized carbons (Fsp3) is 0.250. The smallest absolute Gasteiger partial charge is 0.138 e. The van der Waals surface area contributed by atoms with Crippen LogP contribution in [-0.4, -0.2) is 6.61 Å². The van der Waals surface area contributed by atoms with Gasteiger partial charge in [0.2, 0.25) is 0 Å². The van der Waals surface area contributed by atoms with Gasteiger partial charge in [-0.3, -0.25) is 0 Å². The van der Waals surface area contributed by atoms with E-state index in [0.717, 1.165) is 37.4 Å². The Morgan fingerprint density at radius 1 is 1.09 bits per heavy atom. The van der Waals surface area contributed by atoms with E-state index in [4.69, 9.17) is 16.3 Å². The van der Waals surface area contributed by atoms with Crippen LogP contribution in [0.4, 0.5) is 0 Å². The maximum Gasteiger partial charge on any atom is 0.138 e. The Labute approximate surface area is 159 Å². The van der Waals surface area contributed by atoms with Gasteiger partial charge in [-0.05, 0) is 46.6 Å². The topological polar surface area (TPSA) is 21.3 Å². The van der Waals surface area contributed by atoms with Gasteiger partial charge in [-0.2, -0.15) is 0 Å². The number of ether oxygens (including phenoxy) is 1. The lowest BCUT2D eigenvalue weighted by Gasteiger charge is -2.14. The minimum absolute atomic E-state index is 0. The van der Waals surface area contributed by atoms with Crippen LogP contribution in [-0.2, 0) is 13.1 Å². The van der Waals surface area contributed by atoms with Crippen molar-refractivity contribution >= 4 is 55.9 Å². The van der Waals surface area contributed by atoms with Gasteiger partial charge in [-0.25, -0.2) is 0 Å². The molecule has 2 rings (SSSR count). The fourth-order valence-corrected chi connectivity index (χ4v) is 3.66. The summed E-state index contributed by atoms with van der Waals surface area (Å²) in [6.07, 6.45) is 0. The van der Waals surface area contributed by atoms with Crippen LogP contribution in [0.1, 0.15) is 18.1 Å². The lowest BCUT2D eigenvalue weighted by Crippen LogP contribution is -2.14. The second kappa shape index (κ2) is 9.78. The van der Waals surface area contributed by atoms with Crippen LogP contribution in [0, 0.1) is 0 Å². The zero-order chi connectivity index (χ0) is 15.2. The molecule has 0 saturated heterocycles. The number of hydrogen-bond donors (Lipinski definition) is 1. The predicted molar refractivity (Wildman–Crippen MR) is 102 cm³/mol. The first-order valence-electron chi connectivity index (χ1n) is 6.66. The molecule has 2 aromatic rings. The molecule has 1 N–H and O–H groups in total. The molecule has 0 spiro atoms. The Kier molecular flexibility index (Phi) is 8.80. The highest BCUT2D eigenvalue weighted by molar-refractivity contribution is 9.11. The summed E-state index contributed by atoms with van der Waals surface area (Å²) in [5.41, 5.74) is 2.19. The normalized spacial score (nSPS) is 10.2. The van der Waals surface area contributed by atoms with Crippen LogP contribution >= 0.6 is 55.9 Å². The zero-order valence-corrected chi connectivity index (χ0v) is 16.8. The maximum absolute atomic E-state index is 6.16. The van der Waals surface area contributed by atoms with E-state index in [1.165, 1.54) is 0 Å². The highest BCUT2D eigenvalue weighted by Crippen LogP contribution is 2.33. The highest BCUT2D eigenvalue weighted by Gasteiger charge is 2.10. The second-order valence-corrected chi connectivity index (χ2v) is 6.68. The monoisotopic (exact) mass is 467 g/mol. The number of nitrogens with one attached hydrogen (secondary N) is 1. The van der Waals surface area contributed by atoms with E-state index in [0.29, 0.717) is 13.2 Å². The summed E-state index contributed by atoms with van der Waals surface area (Å²) in [5.74, 6) is 0.882. The first-order valence-corrected chi connectivity index (χ1v) is 8.63. The first kappa shape index (κ1) is 19.8. The van der Waals surface area contributed by atoms with Crippen LogP contribution in [0.2, 0.25) is 5.02 Å². The fourth-order valence-electron chi connectivity index (χ4n) is 2.02. The van der Waals surface area contributed by atoms with Gasteiger partial charge in [0.1, 0.15) is 5.75 Å². The van der Waals surface area contributed by atoms with Crippen molar-refractivity contribution in [2.45, 2.75) is 20.0 Å². The molecule has 0 radical (unpaired) electrons. The van der Waals surface area contributed by atoms with Gasteiger partial charge in [0.25, 0.3) is 0 Å². The molecule has 0 amide bonds. The maximum atomic E-state index is 6.16. The lowest BCUT2D eigenvalue weighted by molar-refractivity contribution is 0.333. The Hall–Kier alpha value is -0.260. The summed E-state index contributed by atoms with van der Waals surface area (Å²) in [7, 11) is 0. The third-order valence-corrected chi connectivity index (χ3v) is 4.38. The molecule has 0 atom stereocenters. The van der Waals surface area contributed by atoms with E-state index in [9.17, 15) is 0 Å².